The Morgan fingerprint density at radius 1 is 0.299 bits per heavy atom. The van der Waals surface area contributed by atoms with E-state index in [1.54, 1.807) is 24.7 Å². The first-order valence-electron chi connectivity index (χ1n) is 54.5. The van der Waals surface area contributed by atoms with Crippen LogP contribution in [0, 0.1) is 0 Å². The molecule has 4 aliphatic carbocycles. The molecule has 0 unspecified atom stereocenters. The largest absolute Gasteiger partial charge is 0.393 e. The number of carbonyl (C=O) groups is 4. The van der Waals surface area contributed by atoms with Crippen molar-refractivity contribution in [2.75, 3.05) is 73.6 Å². The maximum Gasteiger partial charge on any atom is 0.272 e. The summed E-state index contributed by atoms with van der Waals surface area (Å²) in [6, 6.07) is 30.9. The van der Waals surface area contributed by atoms with Crippen molar-refractivity contribution < 1.29 is 39.6 Å². The van der Waals surface area contributed by atoms with Gasteiger partial charge in [-0.1, -0.05) is 95.8 Å². The summed E-state index contributed by atoms with van der Waals surface area (Å²) < 4.78 is 9.41. The Morgan fingerprint density at radius 2 is 0.556 bits per heavy atom. The van der Waals surface area contributed by atoms with Crippen molar-refractivity contribution >= 4 is 91.6 Å². The van der Waals surface area contributed by atoms with Gasteiger partial charge in [-0.2, -0.15) is 19.9 Å². The molecule has 4 saturated heterocycles. The number of nitrogens with zero attached hydrogens (tertiary/aromatic N) is 18. The van der Waals surface area contributed by atoms with Gasteiger partial charge in [0.1, 0.15) is 28.3 Å². The summed E-state index contributed by atoms with van der Waals surface area (Å²) >= 11 is 0. The minimum absolute atomic E-state index is 0.0116. The zero-order valence-corrected chi connectivity index (χ0v) is 86.0. The second-order valence-corrected chi connectivity index (χ2v) is 42.3. The van der Waals surface area contributed by atoms with Crippen molar-refractivity contribution in [1.82, 2.24) is 87.7 Å². The van der Waals surface area contributed by atoms with Gasteiger partial charge in [0.25, 0.3) is 23.6 Å². The molecule has 768 valence electrons. The third-order valence-corrected chi connectivity index (χ3v) is 31.8. The van der Waals surface area contributed by atoms with Crippen LogP contribution in [-0.4, -0.2) is 233 Å². The Balaban J connectivity index is 0.000000132. The van der Waals surface area contributed by atoms with Crippen LogP contribution in [0.3, 0.4) is 0 Å². The van der Waals surface area contributed by atoms with Crippen LogP contribution in [-0.2, 0) is 0 Å². The fourth-order valence-electron chi connectivity index (χ4n) is 23.6. The lowest BCUT2D eigenvalue weighted by Gasteiger charge is -2.32. The standard InChI is InChI=1S/2C29H39N5O2.2C28H38N6O2/c2*1-3-7-20(2)31-29-30-18-25-26(19-34(27(25)32-29)23-10-12-24(35)13-11-23)21-14-16-33(17-15-21)28(36)22-8-5-4-6-9-22;1-3-6-19(2)31-28-30-17-23-24(18-34(26(23)32-28)21-8-10-22(35)11-9-21)20-12-15-33(16-13-20)27(36)25-7-4-5-14-29-25;1-3-5-19(2)31-28-30-17-24-25(18-34(26(24)32-28)22-7-9-23(35)10-8-22)20-11-14-33(15-12-20)27(36)21-6-4-13-29-16-21/h2*4-6,8-9,18-21,23-24,35H,3,7,10-17H2,1-2H3,(H,30,31,32);4-5,7,14,17-22,35H,3,6,8-13,15-16H2,1-2H3,(H,30,31,32);4,6,13,16-20,22-23,35H,3,5,7-12,14-15H2,1-2H3,(H,30,31,32)/t2*20-,23?,24?;19-,21?,22?;19-,22?,23?/m0000/s1. The predicted octanol–water partition coefficient (Wildman–Crippen LogP) is 20.9. The number of nitrogens with one attached hydrogen (secondary N) is 4. The van der Waals surface area contributed by atoms with Gasteiger partial charge in [-0.3, -0.25) is 29.1 Å². The van der Waals surface area contributed by atoms with Gasteiger partial charge in [0.2, 0.25) is 23.8 Å². The molecule has 30 heteroatoms. The van der Waals surface area contributed by atoms with E-state index in [2.05, 4.69) is 135 Å². The zero-order chi connectivity index (χ0) is 100. The van der Waals surface area contributed by atoms with Gasteiger partial charge in [0.15, 0.2) is 0 Å². The average molecular weight is 1960 g/mol. The second-order valence-electron chi connectivity index (χ2n) is 42.3. The molecule has 4 aliphatic heterocycles. The van der Waals surface area contributed by atoms with E-state index in [1.807, 2.05) is 129 Å². The molecule has 0 bridgehead atoms. The molecule has 20 rings (SSSR count). The molecule has 0 spiro atoms. The van der Waals surface area contributed by atoms with E-state index in [4.69, 9.17) is 34.9 Å². The Kier molecular flexibility index (Phi) is 35.5. The summed E-state index contributed by atoms with van der Waals surface area (Å²) in [6.45, 7) is 23.4. The van der Waals surface area contributed by atoms with E-state index in [1.165, 1.54) is 22.3 Å². The SMILES string of the molecule is CCC[C@H](C)Nc1ncc2c(C3CCN(C(=O)c4ccccc4)CC3)cn(C3CCC(O)CC3)c2n1.CCC[C@H](C)Nc1ncc2c(C3CCN(C(=O)c4ccccc4)CC3)cn(C3CCC(O)CC3)c2n1.CCC[C@H](C)Nc1ncc2c(C3CCN(C(=O)c4ccccn4)CC3)cn(C3CCC(O)CC3)c2n1.CCC[C@H](C)Nc1ncc2c(C3CCN(C(=O)c4cccnc4)CC3)cn(C3CCC(O)CC3)c2n1. The number of anilines is 4. The van der Waals surface area contributed by atoms with Crippen LogP contribution >= 0.6 is 0 Å². The Hall–Kier alpha value is -11.9. The fraction of sp³-hybridized carbons (Fsp3) is 0.561. The summed E-state index contributed by atoms with van der Waals surface area (Å²) in [7, 11) is 0. The van der Waals surface area contributed by atoms with E-state index in [9.17, 15) is 39.6 Å². The van der Waals surface area contributed by atoms with E-state index < -0.39 is 0 Å². The number of aromatic nitrogens is 14. The van der Waals surface area contributed by atoms with Gasteiger partial charge < -0.3 is 79.6 Å². The third kappa shape index (κ3) is 25.4. The van der Waals surface area contributed by atoms with E-state index in [-0.39, 0.29) is 48.0 Å². The summed E-state index contributed by atoms with van der Waals surface area (Å²) in [5, 5.41) is 58.6. The lowest BCUT2D eigenvalue weighted by atomic mass is 9.89. The van der Waals surface area contributed by atoms with E-state index >= 15 is 0 Å². The number of hydrogen-bond acceptors (Lipinski definition) is 22. The van der Waals surface area contributed by atoms with Gasteiger partial charge in [0.05, 0.1) is 30.0 Å². The quantitative estimate of drug-likeness (QED) is 0.0226. The molecule has 4 atom stereocenters. The minimum atomic E-state index is -0.190. The number of aliphatic hydroxyl groups excluding tert-OH is 4. The number of carbonyl (C=O) groups excluding carboxylic acids is 4. The van der Waals surface area contributed by atoms with Crippen LogP contribution < -0.4 is 21.3 Å². The highest BCUT2D eigenvalue weighted by molar-refractivity contribution is 5.96. The number of hydrogen-bond donors (Lipinski definition) is 8. The van der Waals surface area contributed by atoms with Crippen molar-refractivity contribution in [3.8, 4) is 0 Å². The van der Waals surface area contributed by atoms with Crippen molar-refractivity contribution in [1.29, 1.82) is 0 Å². The fourth-order valence-corrected chi connectivity index (χ4v) is 23.6. The molecule has 8 aliphatic rings. The molecule has 10 aromatic heterocycles. The number of pyridine rings is 2. The molecule has 8 N–H and O–H groups in total. The van der Waals surface area contributed by atoms with E-state index in [0.717, 1.165) is 313 Å². The van der Waals surface area contributed by atoms with Gasteiger partial charge in [-0.05, 0) is 302 Å². The molecular formula is C114H154N22O8. The molecule has 4 saturated carbocycles. The Bertz CT molecular complexity index is 5390. The number of piperidine rings is 4. The summed E-state index contributed by atoms with van der Waals surface area (Å²) in [5.41, 5.74) is 11.8. The molecule has 144 heavy (non-hydrogen) atoms. The Labute approximate surface area is 848 Å². The zero-order valence-electron chi connectivity index (χ0n) is 86.0. The molecule has 4 amide bonds. The first-order chi connectivity index (χ1) is 70.1. The first-order valence-corrected chi connectivity index (χ1v) is 54.5. The highest BCUT2D eigenvalue weighted by Crippen LogP contribution is 2.45. The number of likely N-dealkylation sites (tertiary alicyclic amines) is 4. The average Bonchev–Trinajstić information content (AvgIpc) is 1.63. The summed E-state index contributed by atoms with van der Waals surface area (Å²) in [6.07, 6.45) is 52.0. The van der Waals surface area contributed by atoms with Gasteiger partial charge in [-0.15, -0.1) is 0 Å². The number of amides is 4. The predicted molar refractivity (Wildman–Crippen MR) is 569 cm³/mol. The molecule has 8 fully saturated rings. The maximum absolute atomic E-state index is 12.9. The van der Waals surface area contributed by atoms with Crippen molar-refractivity contribution in [3.05, 3.63) is 204 Å². The lowest BCUT2D eigenvalue weighted by molar-refractivity contribution is 0.0701. The lowest BCUT2D eigenvalue weighted by Crippen LogP contribution is -2.38. The van der Waals surface area contributed by atoms with Gasteiger partial charge in [0, 0.05) is 202 Å². The van der Waals surface area contributed by atoms with Gasteiger partial charge >= 0.3 is 0 Å². The smallest absolute Gasteiger partial charge is 0.272 e. The van der Waals surface area contributed by atoms with Crippen LogP contribution in [0.25, 0.3) is 44.1 Å². The topological polar surface area (TPSA) is 359 Å². The monoisotopic (exact) mass is 1960 g/mol. The number of benzene rings is 2. The first kappa shape index (κ1) is 104. The second kappa shape index (κ2) is 49.4. The highest BCUT2D eigenvalue weighted by Gasteiger charge is 2.38. The minimum Gasteiger partial charge on any atom is -0.393 e. The third-order valence-electron chi connectivity index (χ3n) is 31.8. The maximum atomic E-state index is 12.9. The van der Waals surface area contributed by atoms with Crippen molar-refractivity contribution in [2.45, 2.75) is 357 Å². The van der Waals surface area contributed by atoms with E-state index in [0.29, 0.717) is 107 Å². The van der Waals surface area contributed by atoms with Crippen LogP contribution in [0.1, 0.15) is 373 Å². The molecule has 2 aromatic carbocycles. The van der Waals surface area contributed by atoms with Crippen LogP contribution in [0.5, 0.6) is 0 Å². The molecule has 12 aromatic rings. The van der Waals surface area contributed by atoms with Crippen molar-refractivity contribution in [2.24, 2.45) is 0 Å². The molecule has 14 heterocycles. The number of aliphatic hydroxyl groups is 4. The van der Waals surface area contributed by atoms with Crippen LogP contribution in [0.4, 0.5) is 23.8 Å². The Morgan fingerprint density at radius 3 is 0.806 bits per heavy atom. The number of rotatable bonds is 28. The summed E-state index contributed by atoms with van der Waals surface area (Å²) in [5.74, 6) is 4.54. The van der Waals surface area contributed by atoms with Gasteiger partial charge in [-0.25, -0.2) is 19.9 Å². The highest BCUT2D eigenvalue weighted by atomic mass is 16.3. The van der Waals surface area contributed by atoms with Crippen molar-refractivity contribution in [3.63, 3.8) is 0 Å². The van der Waals surface area contributed by atoms with Crippen LogP contribution in [0.2, 0.25) is 0 Å². The number of fused-ring (bicyclic) bond motifs is 4. The molecular weight excluding hydrogens is 1810 g/mol. The summed E-state index contributed by atoms with van der Waals surface area (Å²) in [4.78, 5) is 107. The van der Waals surface area contributed by atoms with Crippen LogP contribution in [0.15, 0.2) is 159 Å². The molecule has 30 nitrogen and oxygen atoms in total. The normalized spacial score (nSPS) is 22.0. The molecule has 0 radical (unpaired) electrons.